The Hall–Kier alpha value is -1.58. The Labute approximate surface area is 76.4 Å². The SMILES string of the molecule is CCc1cc(N)nn2cc(C)nc12. The van der Waals surface area contributed by atoms with Gasteiger partial charge in [0.25, 0.3) is 0 Å². The molecule has 0 saturated carbocycles. The summed E-state index contributed by atoms with van der Waals surface area (Å²) in [4.78, 5) is 4.37. The summed E-state index contributed by atoms with van der Waals surface area (Å²) in [5.74, 6) is 0.543. The molecule has 0 amide bonds. The van der Waals surface area contributed by atoms with Gasteiger partial charge in [0.1, 0.15) is 5.82 Å². The lowest BCUT2D eigenvalue weighted by Gasteiger charge is -2.00. The Bertz CT molecular complexity index is 444. The summed E-state index contributed by atoms with van der Waals surface area (Å²) in [7, 11) is 0. The monoisotopic (exact) mass is 176 g/mol. The third kappa shape index (κ3) is 1.24. The molecule has 0 bridgehead atoms. The zero-order chi connectivity index (χ0) is 9.42. The second-order valence-corrected chi connectivity index (χ2v) is 3.10. The normalized spacial score (nSPS) is 10.9. The summed E-state index contributed by atoms with van der Waals surface area (Å²) < 4.78 is 1.74. The summed E-state index contributed by atoms with van der Waals surface area (Å²) in [6, 6.07) is 1.88. The van der Waals surface area contributed by atoms with Crippen molar-refractivity contribution in [3.8, 4) is 0 Å². The molecule has 0 spiro atoms. The standard InChI is InChI=1S/C9H12N4/c1-3-7-4-8(10)12-13-5-6(2)11-9(7)13/h4-5H,3H2,1-2H3,(H2,10,12). The number of fused-ring (bicyclic) bond motifs is 1. The number of nitrogens with two attached hydrogens (primary N) is 1. The number of imidazole rings is 1. The second-order valence-electron chi connectivity index (χ2n) is 3.10. The second kappa shape index (κ2) is 2.73. The summed E-state index contributed by atoms with van der Waals surface area (Å²) in [6.07, 6.45) is 2.80. The molecule has 0 unspecified atom stereocenters. The van der Waals surface area contributed by atoms with Crippen molar-refractivity contribution in [1.82, 2.24) is 14.6 Å². The molecule has 4 nitrogen and oxygen atoms in total. The van der Waals surface area contributed by atoms with Crippen LogP contribution in [-0.2, 0) is 6.42 Å². The Morgan fingerprint density at radius 3 is 3.00 bits per heavy atom. The summed E-state index contributed by atoms with van der Waals surface area (Å²) in [5, 5.41) is 4.14. The lowest BCUT2D eigenvalue weighted by Crippen LogP contribution is -2.00. The van der Waals surface area contributed by atoms with Crippen LogP contribution in [-0.4, -0.2) is 14.6 Å². The smallest absolute Gasteiger partial charge is 0.157 e. The van der Waals surface area contributed by atoms with E-state index >= 15 is 0 Å². The number of rotatable bonds is 1. The molecule has 0 aliphatic heterocycles. The van der Waals surface area contributed by atoms with E-state index in [0.29, 0.717) is 5.82 Å². The van der Waals surface area contributed by atoms with Gasteiger partial charge in [0, 0.05) is 5.56 Å². The van der Waals surface area contributed by atoms with Gasteiger partial charge < -0.3 is 5.73 Å². The maximum absolute atomic E-state index is 5.65. The molecule has 0 aliphatic rings. The van der Waals surface area contributed by atoms with Crippen LogP contribution < -0.4 is 5.73 Å². The van der Waals surface area contributed by atoms with E-state index in [-0.39, 0.29) is 0 Å². The van der Waals surface area contributed by atoms with Gasteiger partial charge in [-0.15, -0.1) is 5.10 Å². The highest BCUT2D eigenvalue weighted by Gasteiger charge is 2.04. The van der Waals surface area contributed by atoms with E-state index in [1.54, 1.807) is 4.52 Å². The van der Waals surface area contributed by atoms with Crippen molar-refractivity contribution in [2.75, 3.05) is 5.73 Å². The van der Waals surface area contributed by atoms with Crippen LogP contribution in [0.5, 0.6) is 0 Å². The first-order valence-electron chi connectivity index (χ1n) is 4.32. The average molecular weight is 176 g/mol. The third-order valence-electron chi connectivity index (χ3n) is 2.02. The van der Waals surface area contributed by atoms with Crippen molar-refractivity contribution >= 4 is 11.5 Å². The van der Waals surface area contributed by atoms with Gasteiger partial charge in [0.05, 0.1) is 11.9 Å². The topological polar surface area (TPSA) is 56.2 Å². The van der Waals surface area contributed by atoms with Gasteiger partial charge in [0.15, 0.2) is 5.65 Å². The van der Waals surface area contributed by atoms with E-state index in [9.17, 15) is 0 Å². The van der Waals surface area contributed by atoms with Crippen LogP contribution in [0.1, 0.15) is 18.2 Å². The van der Waals surface area contributed by atoms with Crippen molar-refractivity contribution in [2.24, 2.45) is 0 Å². The van der Waals surface area contributed by atoms with Gasteiger partial charge in [-0.25, -0.2) is 9.50 Å². The van der Waals surface area contributed by atoms with Crippen molar-refractivity contribution in [1.29, 1.82) is 0 Å². The fourth-order valence-electron chi connectivity index (χ4n) is 1.44. The van der Waals surface area contributed by atoms with Gasteiger partial charge in [-0.05, 0) is 19.4 Å². The number of aryl methyl sites for hydroxylation is 2. The van der Waals surface area contributed by atoms with E-state index in [2.05, 4.69) is 17.0 Å². The predicted molar refractivity (Wildman–Crippen MR) is 51.5 cm³/mol. The van der Waals surface area contributed by atoms with E-state index < -0.39 is 0 Å². The van der Waals surface area contributed by atoms with Crippen LogP contribution in [0.3, 0.4) is 0 Å². The molecular weight excluding hydrogens is 164 g/mol. The average Bonchev–Trinajstić information content (AvgIpc) is 2.43. The largest absolute Gasteiger partial charge is 0.382 e. The predicted octanol–water partition coefficient (Wildman–Crippen LogP) is 1.18. The molecule has 0 fully saturated rings. The fourth-order valence-corrected chi connectivity index (χ4v) is 1.44. The Kier molecular flexibility index (Phi) is 1.69. The Balaban J connectivity index is 2.80. The number of nitrogens with zero attached hydrogens (tertiary/aromatic N) is 3. The van der Waals surface area contributed by atoms with Crippen LogP contribution in [0, 0.1) is 6.92 Å². The van der Waals surface area contributed by atoms with Crippen LogP contribution in [0.4, 0.5) is 5.82 Å². The van der Waals surface area contributed by atoms with E-state index in [1.807, 2.05) is 19.2 Å². The highest BCUT2D eigenvalue weighted by molar-refractivity contribution is 5.51. The molecule has 2 aromatic heterocycles. The number of hydrogen-bond acceptors (Lipinski definition) is 3. The van der Waals surface area contributed by atoms with Gasteiger partial charge >= 0.3 is 0 Å². The first-order valence-corrected chi connectivity index (χ1v) is 4.32. The maximum atomic E-state index is 5.65. The minimum Gasteiger partial charge on any atom is -0.382 e. The van der Waals surface area contributed by atoms with E-state index in [4.69, 9.17) is 5.73 Å². The quantitative estimate of drug-likeness (QED) is 0.709. The molecular formula is C9H12N4. The number of aromatic nitrogens is 3. The molecule has 0 atom stereocenters. The lowest BCUT2D eigenvalue weighted by atomic mass is 10.2. The van der Waals surface area contributed by atoms with E-state index in [1.165, 1.54) is 0 Å². The Morgan fingerprint density at radius 1 is 1.54 bits per heavy atom. The van der Waals surface area contributed by atoms with Crippen LogP contribution in [0.25, 0.3) is 5.65 Å². The van der Waals surface area contributed by atoms with E-state index in [0.717, 1.165) is 23.3 Å². The molecule has 2 aromatic rings. The third-order valence-corrected chi connectivity index (χ3v) is 2.02. The molecule has 0 aromatic carbocycles. The first-order chi connectivity index (χ1) is 6.20. The van der Waals surface area contributed by atoms with Crippen molar-refractivity contribution < 1.29 is 0 Å². The fraction of sp³-hybridized carbons (Fsp3) is 0.333. The van der Waals surface area contributed by atoms with Crippen molar-refractivity contribution in [2.45, 2.75) is 20.3 Å². The minimum absolute atomic E-state index is 0.543. The summed E-state index contributed by atoms with van der Waals surface area (Å²) >= 11 is 0. The maximum Gasteiger partial charge on any atom is 0.157 e. The zero-order valence-corrected chi connectivity index (χ0v) is 7.78. The number of anilines is 1. The molecule has 13 heavy (non-hydrogen) atoms. The first kappa shape index (κ1) is 8.04. The van der Waals surface area contributed by atoms with Crippen LogP contribution in [0.2, 0.25) is 0 Å². The highest BCUT2D eigenvalue weighted by atomic mass is 15.3. The molecule has 4 heteroatoms. The zero-order valence-electron chi connectivity index (χ0n) is 7.78. The molecule has 0 aliphatic carbocycles. The molecule has 0 saturated heterocycles. The highest BCUT2D eigenvalue weighted by Crippen LogP contribution is 2.12. The van der Waals surface area contributed by atoms with Crippen LogP contribution >= 0.6 is 0 Å². The molecule has 2 rings (SSSR count). The molecule has 2 heterocycles. The number of hydrogen-bond donors (Lipinski definition) is 1. The van der Waals surface area contributed by atoms with Gasteiger partial charge in [-0.2, -0.15) is 0 Å². The Morgan fingerprint density at radius 2 is 2.31 bits per heavy atom. The van der Waals surface area contributed by atoms with Gasteiger partial charge in [-0.1, -0.05) is 6.92 Å². The summed E-state index contributed by atoms with van der Waals surface area (Å²) in [6.45, 7) is 4.03. The molecule has 0 radical (unpaired) electrons. The van der Waals surface area contributed by atoms with Gasteiger partial charge in [0.2, 0.25) is 0 Å². The van der Waals surface area contributed by atoms with Crippen LogP contribution in [0.15, 0.2) is 12.3 Å². The van der Waals surface area contributed by atoms with Crippen molar-refractivity contribution in [3.05, 3.63) is 23.5 Å². The molecule has 2 N–H and O–H groups in total. The van der Waals surface area contributed by atoms with Crippen molar-refractivity contribution in [3.63, 3.8) is 0 Å². The van der Waals surface area contributed by atoms with Gasteiger partial charge in [-0.3, -0.25) is 0 Å². The number of nitrogen functional groups attached to an aromatic ring is 1. The lowest BCUT2D eigenvalue weighted by molar-refractivity contribution is 0.924. The minimum atomic E-state index is 0.543. The summed E-state index contributed by atoms with van der Waals surface area (Å²) in [5.41, 5.74) is 8.67. The molecule has 68 valence electrons.